The molecule has 0 saturated heterocycles. The molecule has 1 amide bonds. The molecule has 7 heteroatoms. The molecule has 0 aliphatic carbocycles. The Bertz CT molecular complexity index is 585. The zero-order valence-corrected chi connectivity index (χ0v) is 14.7. The summed E-state index contributed by atoms with van der Waals surface area (Å²) in [5, 5.41) is 22.5. The molecule has 0 fully saturated rings. The number of nitrogens with zero attached hydrogens (tertiary/aromatic N) is 1. The Balaban J connectivity index is 3.10. The van der Waals surface area contributed by atoms with Gasteiger partial charge in [-0.1, -0.05) is 13.8 Å². The van der Waals surface area contributed by atoms with Crippen LogP contribution in [0.3, 0.4) is 0 Å². The van der Waals surface area contributed by atoms with Crippen molar-refractivity contribution in [2.24, 2.45) is 13.0 Å². The number of carbonyl (C=O) groups is 2. The van der Waals surface area contributed by atoms with Gasteiger partial charge in [0, 0.05) is 12.6 Å². The Hall–Kier alpha value is -2.18. The van der Waals surface area contributed by atoms with Crippen molar-refractivity contribution in [3.8, 4) is 11.8 Å². The summed E-state index contributed by atoms with van der Waals surface area (Å²) in [6, 6.07) is -0.878. The van der Waals surface area contributed by atoms with Gasteiger partial charge in [0.25, 0.3) is 0 Å². The molecule has 0 spiro atoms. The molecule has 1 aromatic heterocycles. The van der Waals surface area contributed by atoms with Crippen LogP contribution in [0.5, 0.6) is 11.8 Å². The molecule has 0 saturated carbocycles. The molecule has 1 rings (SSSR count). The van der Waals surface area contributed by atoms with Crippen LogP contribution in [0.4, 0.5) is 4.79 Å². The molecule has 0 bridgehead atoms. The van der Waals surface area contributed by atoms with Gasteiger partial charge in [-0.05, 0) is 33.6 Å². The van der Waals surface area contributed by atoms with E-state index in [-0.39, 0.29) is 28.8 Å². The third-order valence-electron chi connectivity index (χ3n) is 3.44. The number of alkyl carbamates (subject to hydrolysis) is 1. The van der Waals surface area contributed by atoms with E-state index >= 15 is 0 Å². The molecule has 0 unspecified atom stereocenters. The van der Waals surface area contributed by atoms with E-state index in [1.807, 2.05) is 0 Å². The van der Waals surface area contributed by atoms with Gasteiger partial charge in [-0.2, -0.15) is 0 Å². The fourth-order valence-corrected chi connectivity index (χ4v) is 2.22. The zero-order chi connectivity index (χ0) is 18.1. The summed E-state index contributed by atoms with van der Waals surface area (Å²) >= 11 is 0. The van der Waals surface area contributed by atoms with Gasteiger partial charge in [-0.3, -0.25) is 9.36 Å². The monoisotopic (exact) mass is 326 g/mol. The van der Waals surface area contributed by atoms with Crippen LogP contribution >= 0.6 is 0 Å². The van der Waals surface area contributed by atoms with Crippen molar-refractivity contribution in [2.75, 3.05) is 0 Å². The number of aromatic nitrogens is 1. The van der Waals surface area contributed by atoms with Crippen LogP contribution in [0, 0.1) is 12.8 Å². The minimum atomic E-state index is -0.878. The van der Waals surface area contributed by atoms with Gasteiger partial charge in [0.2, 0.25) is 5.88 Å². The minimum absolute atomic E-state index is 0.000223. The fraction of sp³-hybridized carbons (Fsp3) is 0.625. The third kappa shape index (κ3) is 4.18. The summed E-state index contributed by atoms with van der Waals surface area (Å²) in [5.41, 5.74) is -0.413. The molecule has 1 atom stereocenters. The molecule has 0 aliphatic heterocycles. The van der Waals surface area contributed by atoms with Crippen LogP contribution < -0.4 is 5.32 Å². The summed E-state index contributed by atoms with van der Waals surface area (Å²) in [7, 11) is 1.44. The van der Waals surface area contributed by atoms with Crippen molar-refractivity contribution in [3.05, 3.63) is 11.1 Å². The number of rotatable bonds is 4. The van der Waals surface area contributed by atoms with Crippen molar-refractivity contribution in [1.29, 1.82) is 0 Å². The fourth-order valence-electron chi connectivity index (χ4n) is 2.22. The van der Waals surface area contributed by atoms with E-state index in [2.05, 4.69) is 5.32 Å². The van der Waals surface area contributed by atoms with Gasteiger partial charge in [-0.25, -0.2) is 4.79 Å². The van der Waals surface area contributed by atoms with E-state index in [0.717, 1.165) is 4.57 Å². The van der Waals surface area contributed by atoms with Gasteiger partial charge < -0.3 is 20.3 Å². The van der Waals surface area contributed by atoms with Crippen LogP contribution in [-0.2, 0) is 11.8 Å². The molecule has 7 nitrogen and oxygen atoms in total. The van der Waals surface area contributed by atoms with E-state index in [1.54, 1.807) is 34.6 Å². The maximum atomic E-state index is 12.7. The second-order valence-electron chi connectivity index (χ2n) is 6.94. The van der Waals surface area contributed by atoms with Crippen molar-refractivity contribution in [3.63, 3.8) is 0 Å². The van der Waals surface area contributed by atoms with Gasteiger partial charge in [0.15, 0.2) is 11.7 Å². The normalized spacial score (nSPS) is 13.0. The zero-order valence-electron chi connectivity index (χ0n) is 14.7. The summed E-state index contributed by atoms with van der Waals surface area (Å²) in [6.07, 6.45) is -0.707. The Morgan fingerprint density at radius 3 is 2.04 bits per heavy atom. The summed E-state index contributed by atoms with van der Waals surface area (Å²) < 4.78 is 6.29. The van der Waals surface area contributed by atoms with Crippen LogP contribution in [-0.4, -0.2) is 38.3 Å². The average Bonchev–Trinajstić information content (AvgIpc) is 2.57. The molecule has 1 heterocycles. The highest BCUT2D eigenvalue weighted by atomic mass is 16.6. The number of Topliss-reactive ketones (excluding diaryl/α,β-unsaturated/α-hetero) is 1. The molecule has 1 aromatic rings. The lowest BCUT2D eigenvalue weighted by atomic mass is 9.94. The molecule has 130 valence electrons. The summed E-state index contributed by atoms with van der Waals surface area (Å²) in [4.78, 5) is 24.7. The van der Waals surface area contributed by atoms with Gasteiger partial charge in [0.05, 0.1) is 11.6 Å². The lowest BCUT2D eigenvalue weighted by Gasteiger charge is -2.25. The number of aromatic hydroxyl groups is 2. The number of hydrogen-bond acceptors (Lipinski definition) is 5. The van der Waals surface area contributed by atoms with Crippen LogP contribution in [0.2, 0.25) is 0 Å². The third-order valence-corrected chi connectivity index (χ3v) is 3.44. The highest BCUT2D eigenvalue weighted by Crippen LogP contribution is 2.33. The Labute approximate surface area is 136 Å². The van der Waals surface area contributed by atoms with Crippen molar-refractivity contribution >= 4 is 11.9 Å². The quantitative estimate of drug-likeness (QED) is 0.738. The summed E-state index contributed by atoms with van der Waals surface area (Å²) in [5.74, 6) is -1.22. The molecule has 23 heavy (non-hydrogen) atoms. The van der Waals surface area contributed by atoms with Crippen molar-refractivity contribution in [2.45, 2.75) is 53.2 Å². The van der Waals surface area contributed by atoms with Crippen LogP contribution in [0.15, 0.2) is 0 Å². The Kier molecular flexibility index (Phi) is 5.35. The lowest BCUT2D eigenvalue weighted by molar-refractivity contribution is 0.0475. The van der Waals surface area contributed by atoms with Gasteiger partial charge >= 0.3 is 6.09 Å². The van der Waals surface area contributed by atoms with Crippen LogP contribution in [0.1, 0.15) is 50.5 Å². The number of ether oxygens (including phenoxy) is 1. The first-order valence-corrected chi connectivity index (χ1v) is 7.47. The first-order chi connectivity index (χ1) is 10.4. The Morgan fingerprint density at radius 1 is 1.17 bits per heavy atom. The average molecular weight is 326 g/mol. The van der Waals surface area contributed by atoms with Crippen molar-refractivity contribution in [1.82, 2.24) is 9.88 Å². The van der Waals surface area contributed by atoms with E-state index in [9.17, 15) is 19.8 Å². The maximum absolute atomic E-state index is 12.7. The molecule has 0 aromatic carbocycles. The SMILES string of the molecule is Cc1c(C(=O)[C@@H](NC(=O)OC(C)(C)C)C(C)C)c(O)n(C)c1O. The summed E-state index contributed by atoms with van der Waals surface area (Å²) in [6.45, 7) is 10.3. The number of nitrogens with one attached hydrogen (secondary N) is 1. The largest absolute Gasteiger partial charge is 0.494 e. The number of amides is 1. The van der Waals surface area contributed by atoms with Crippen molar-refractivity contribution < 1.29 is 24.5 Å². The lowest BCUT2D eigenvalue weighted by Crippen LogP contribution is -2.46. The number of carbonyl (C=O) groups excluding carboxylic acids is 2. The minimum Gasteiger partial charge on any atom is -0.494 e. The number of ketones is 1. The molecular formula is C16H26N2O5. The van der Waals surface area contributed by atoms with E-state index in [4.69, 9.17) is 4.74 Å². The smallest absolute Gasteiger partial charge is 0.408 e. The highest BCUT2D eigenvalue weighted by molar-refractivity contribution is 6.05. The standard InChI is InChI=1S/C16H26N2O5/c1-8(2)11(17-15(22)23-16(4,5)6)12(19)10-9(3)13(20)18(7)14(10)21/h8,11,20-21H,1-7H3,(H,17,22)/t11-/m0/s1. The molecule has 0 radical (unpaired) electrons. The highest BCUT2D eigenvalue weighted by Gasteiger charge is 2.33. The van der Waals surface area contributed by atoms with E-state index in [1.165, 1.54) is 14.0 Å². The predicted molar refractivity (Wildman–Crippen MR) is 85.8 cm³/mol. The van der Waals surface area contributed by atoms with Gasteiger partial charge in [-0.15, -0.1) is 0 Å². The number of hydrogen-bond donors (Lipinski definition) is 3. The predicted octanol–water partition coefficient (Wildman–Crippen LogP) is 2.48. The van der Waals surface area contributed by atoms with E-state index < -0.39 is 23.5 Å². The topological polar surface area (TPSA) is 101 Å². The first kappa shape index (κ1) is 18.9. The maximum Gasteiger partial charge on any atom is 0.408 e. The first-order valence-electron chi connectivity index (χ1n) is 7.47. The molecular weight excluding hydrogens is 300 g/mol. The Morgan fingerprint density at radius 2 is 1.70 bits per heavy atom. The second kappa shape index (κ2) is 6.52. The molecule has 3 N–H and O–H groups in total. The second-order valence-corrected chi connectivity index (χ2v) is 6.94. The van der Waals surface area contributed by atoms with E-state index in [0.29, 0.717) is 0 Å². The van der Waals surface area contributed by atoms with Gasteiger partial charge in [0.1, 0.15) is 5.60 Å². The molecule has 0 aliphatic rings. The van der Waals surface area contributed by atoms with Crippen LogP contribution in [0.25, 0.3) is 0 Å².